The molecule has 37 heavy (non-hydrogen) atoms. The lowest BCUT2D eigenvalue weighted by Crippen LogP contribution is -2.32. The maximum atomic E-state index is 13.1. The van der Waals surface area contributed by atoms with E-state index in [1.54, 1.807) is 13.0 Å². The Hall–Kier alpha value is -3.68. The highest BCUT2D eigenvalue weighted by atomic mass is 35.5. The number of aromatic nitrogens is 2. The molecule has 2 N–H and O–H groups in total. The van der Waals surface area contributed by atoms with Crippen molar-refractivity contribution in [2.75, 3.05) is 14.9 Å². The minimum Gasteiger partial charge on any atom is -0.350 e. The summed E-state index contributed by atoms with van der Waals surface area (Å²) in [4.78, 5) is 33.7. The molecule has 2 aromatic carbocycles. The number of sulfonamides is 1. The topological polar surface area (TPSA) is 121 Å². The summed E-state index contributed by atoms with van der Waals surface area (Å²) in [7, 11) is -4.05. The molecule has 0 radical (unpaired) electrons. The molecule has 0 spiro atoms. The second-order valence-corrected chi connectivity index (χ2v) is 10.0. The van der Waals surface area contributed by atoms with Crippen molar-refractivity contribution in [1.82, 2.24) is 9.97 Å². The molecule has 4 rings (SSSR count). The fourth-order valence-electron chi connectivity index (χ4n) is 3.23. The number of anilines is 3. The molecular formula is C22H14Cl2F3N5O4S. The number of halogens is 5. The first kappa shape index (κ1) is 26.4. The molecule has 0 fully saturated rings. The highest BCUT2D eigenvalue weighted by Crippen LogP contribution is 2.38. The van der Waals surface area contributed by atoms with Crippen LogP contribution in [0.1, 0.15) is 11.3 Å². The molecule has 2 amide bonds. The summed E-state index contributed by atoms with van der Waals surface area (Å²) in [5, 5.41) is 1.73. The minimum absolute atomic E-state index is 0.123. The van der Waals surface area contributed by atoms with E-state index >= 15 is 0 Å². The van der Waals surface area contributed by atoms with E-state index in [0.717, 1.165) is 6.07 Å². The summed E-state index contributed by atoms with van der Waals surface area (Å²) >= 11 is 12.0. The van der Waals surface area contributed by atoms with E-state index < -0.39 is 50.0 Å². The molecule has 0 unspecified atom stereocenters. The van der Waals surface area contributed by atoms with Gasteiger partial charge in [-0.3, -0.25) is 9.59 Å². The van der Waals surface area contributed by atoms with Crippen LogP contribution in [0.25, 0.3) is 0 Å². The monoisotopic (exact) mass is 571 g/mol. The molecule has 15 heteroatoms. The Morgan fingerprint density at radius 3 is 2.27 bits per heavy atom. The van der Waals surface area contributed by atoms with Crippen molar-refractivity contribution in [1.29, 1.82) is 0 Å². The number of hydrogen-bond acceptors (Lipinski definition) is 7. The summed E-state index contributed by atoms with van der Waals surface area (Å²) in [6.07, 6.45) is -3.35. The summed E-state index contributed by atoms with van der Waals surface area (Å²) in [5.41, 5.74) is -1.33. The first-order valence-corrected chi connectivity index (χ1v) is 12.4. The van der Waals surface area contributed by atoms with Crippen molar-refractivity contribution in [2.45, 2.75) is 18.0 Å². The van der Waals surface area contributed by atoms with Crippen LogP contribution >= 0.6 is 23.2 Å². The van der Waals surface area contributed by atoms with Gasteiger partial charge in [-0.25, -0.2) is 28.0 Å². The van der Waals surface area contributed by atoms with Crippen LogP contribution in [0.2, 0.25) is 5.02 Å². The zero-order chi connectivity index (χ0) is 27.1. The molecule has 0 saturated carbocycles. The van der Waals surface area contributed by atoms with Gasteiger partial charge in [-0.15, -0.1) is 0 Å². The zero-order valence-corrected chi connectivity index (χ0v) is 20.8. The fourth-order valence-corrected chi connectivity index (χ4v) is 4.60. The lowest BCUT2D eigenvalue weighted by atomic mass is 10.2. The summed E-state index contributed by atoms with van der Waals surface area (Å²) in [6.45, 7) is 1.66. The number of nitrogens with one attached hydrogen (secondary N) is 2. The Morgan fingerprint density at radius 1 is 0.973 bits per heavy atom. The van der Waals surface area contributed by atoms with Gasteiger partial charge in [0.1, 0.15) is 10.7 Å². The molecule has 9 nitrogen and oxygen atoms in total. The maximum Gasteiger partial charge on any atom is 0.416 e. The van der Waals surface area contributed by atoms with Gasteiger partial charge in [0.25, 0.3) is 21.8 Å². The Kier molecular flexibility index (Phi) is 6.88. The molecule has 0 aliphatic carbocycles. The van der Waals surface area contributed by atoms with Crippen molar-refractivity contribution < 1.29 is 31.2 Å². The first-order valence-electron chi connectivity index (χ1n) is 10.1. The van der Waals surface area contributed by atoms with E-state index in [9.17, 15) is 31.2 Å². The first-order chi connectivity index (χ1) is 17.3. The highest BCUT2D eigenvalue weighted by molar-refractivity contribution is 7.92. The van der Waals surface area contributed by atoms with Gasteiger partial charge in [-0.1, -0.05) is 23.2 Å². The van der Waals surface area contributed by atoms with Crippen LogP contribution in [0, 0.1) is 6.92 Å². The predicted octanol–water partition coefficient (Wildman–Crippen LogP) is 4.69. The molecule has 1 aromatic heterocycles. The number of carbonyl (C=O) groups is 2. The van der Waals surface area contributed by atoms with Gasteiger partial charge in [0.15, 0.2) is 0 Å². The number of carbonyl (C=O) groups excluding carboxylic acids is 2. The number of aryl methyl sites for hydroxylation is 1. The molecule has 192 valence electrons. The van der Waals surface area contributed by atoms with E-state index in [-0.39, 0.29) is 21.6 Å². The number of hydrogen-bond donors (Lipinski definition) is 2. The number of benzene rings is 2. The van der Waals surface area contributed by atoms with Crippen LogP contribution in [-0.4, -0.2) is 30.2 Å². The average Bonchev–Trinajstić information content (AvgIpc) is 3.02. The van der Waals surface area contributed by atoms with E-state index in [0.29, 0.717) is 22.7 Å². The van der Waals surface area contributed by atoms with Gasteiger partial charge in [0.2, 0.25) is 5.95 Å². The van der Waals surface area contributed by atoms with Crippen LogP contribution in [0.4, 0.5) is 30.5 Å². The van der Waals surface area contributed by atoms with E-state index in [1.807, 2.05) is 0 Å². The average molecular weight is 572 g/mol. The van der Waals surface area contributed by atoms with E-state index in [4.69, 9.17) is 23.2 Å². The smallest absolute Gasteiger partial charge is 0.350 e. The summed E-state index contributed by atoms with van der Waals surface area (Å²) < 4.78 is 66.9. The van der Waals surface area contributed by atoms with Crippen LogP contribution in [0.3, 0.4) is 0 Å². The van der Waals surface area contributed by atoms with Crippen molar-refractivity contribution in [3.05, 3.63) is 81.7 Å². The number of nitrogens with zero attached hydrogens (tertiary/aromatic N) is 3. The van der Waals surface area contributed by atoms with Crippen LogP contribution in [0.15, 0.2) is 70.4 Å². The normalized spacial score (nSPS) is 14.4. The second-order valence-electron chi connectivity index (χ2n) is 7.58. The quantitative estimate of drug-likeness (QED) is 0.411. The third kappa shape index (κ3) is 5.38. The molecule has 3 aromatic rings. The summed E-state index contributed by atoms with van der Waals surface area (Å²) in [6, 6.07) is 8.77. The third-order valence-corrected chi connectivity index (χ3v) is 7.01. The van der Waals surface area contributed by atoms with Gasteiger partial charge in [-0.2, -0.15) is 13.2 Å². The molecule has 1 aliphatic heterocycles. The zero-order valence-electron chi connectivity index (χ0n) is 18.5. The summed E-state index contributed by atoms with van der Waals surface area (Å²) in [5.74, 6) is -2.26. The molecule has 2 heterocycles. The van der Waals surface area contributed by atoms with Crippen molar-refractivity contribution in [3.63, 3.8) is 0 Å². The number of alkyl halides is 3. The van der Waals surface area contributed by atoms with Gasteiger partial charge < -0.3 is 5.32 Å². The van der Waals surface area contributed by atoms with E-state index in [2.05, 4.69) is 20.0 Å². The van der Waals surface area contributed by atoms with Gasteiger partial charge >= 0.3 is 6.18 Å². The van der Waals surface area contributed by atoms with Crippen molar-refractivity contribution >= 4 is 62.4 Å². The lowest BCUT2D eigenvalue weighted by molar-refractivity contribution is -0.137. The Bertz CT molecular complexity index is 1560. The number of amides is 2. The van der Waals surface area contributed by atoms with Crippen molar-refractivity contribution in [2.24, 2.45) is 0 Å². The number of rotatable bonds is 6. The molecule has 0 atom stereocenters. The minimum atomic E-state index is -4.74. The molecule has 0 bridgehead atoms. The maximum absolute atomic E-state index is 13.1. The lowest BCUT2D eigenvalue weighted by Gasteiger charge is -2.18. The fraction of sp³-hybridized carbons (Fsp3) is 0.0909. The van der Waals surface area contributed by atoms with Crippen LogP contribution in [-0.2, 0) is 25.8 Å². The largest absolute Gasteiger partial charge is 0.416 e. The van der Waals surface area contributed by atoms with Gasteiger partial charge in [0, 0.05) is 17.6 Å². The van der Waals surface area contributed by atoms with E-state index in [1.165, 1.54) is 30.5 Å². The van der Waals surface area contributed by atoms with Crippen molar-refractivity contribution in [3.8, 4) is 0 Å². The second kappa shape index (κ2) is 9.65. The van der Waals surface area contributed by atoms with Gasteiger partial charge in [0.05, 0.1) is 21.2 Å². The van der Waals surface area contributed by atoms with Crippen LogP contribution < -0.4 is 14.9 Å². The predicted molar refractivity (Wildman–Crippen MR) is 129 cm³/mol. The Balaban J connectivity index is 1.56. The van der Waals surface area contributed by atoms with Crippen LogP contribution in [0.5, 0.6) is 0 Å². The third-order valence-electron chi connectivity index (χ3n) is 5.00. The molecule has 0 saturated heterocycles. The SMILES string of the molecule is Cc1ccnc(NS(=O)(=O)c2ccc(NC3=C(Cl)C(=O)N(c4cc(C(F)(F)F)ccc4Cl)C3=O)cc2)n1. The standard InChI is InChI=1S/C22H14Cl2F3N5O4S/c1-11-8-9-28-21(29-11)31-37(35,36)14-5-3-13(4-6-14)30-18-17(24)19(33)32(20(18)34)16-10-12(22(25,26)27)2-7-15(16)23/h2-10,30H,1H3,(H,28,29,31). The Morgan fingerprint density at radius 2 is 1.65 bits per heavy atom. The van der Waals surface area contributed by atoms with Gasteiger partial charge in [-0.05, 0) is 55.5 Å². The molecular weight excluding hydrogens is 558 g/mol. The Labute approximate surface area is 218 Å². The highest BCUT2D eigenvalue weighted by Gasteiger charge is 2.41. The molecule has 1 aliphatic rings. The number of imide groups is 1.